The molecular weight excluding hydrogens is 279 g/mol. The Hall–Kier alpha value is -1.68. The second-order valence-electron chi connectivity index (χ2n) is 5.55. The fourth-order valence-corrected chi connectivity index (χ4v) is 1.96. The third kappa shape index (κ3) is 3.67. The van der Waals surface area contributed by atoms with Crippen LogP contribution in [-0.2, 0) is 0 Å². The lowest BCUT2D eigenvalue weighted by Gasteiger charge is -2.20. The lowest BCUT2D eigenvalue weighted by atomic mass is 10.0. The van der Waals surface area contributed by atoms with Gasteiger partial charge in [0.2, 0.25) is 11.8 Å². The van der Waals surface area contributed by atoms with E-state index in [2.05, 4.69) is 9.97 Å². The highest BCUT2D eigenvalue weighted by Gasteiger charge is 2.15. The molecule has 2 aromatic heterocycles. The molecule has 0 atom stereocenters. The molecule has 0 saturated heterocycles. The molecule has 20 heavy (non-hydrogen) atoms. The normalized spacial score (nSPS) is 11.5. The maximum Gasteiger partial charge on any atom is 0.217 e. The Morgan fingerprint density at radius 3 is 2.55 bits per heavy atom. The molecular formula is C15H16ClFN2O. The predicted molar refractivity (Wildman–Crippen MR) is 77.6 cm³/mol. The van der Waals surface area contributed by atoms with Gasteiger partial charge in [-0.15, -0.1) is 0 Å². The number of hydrogen-bond acceptors (Lipinski definition) is 3. The second-order valence-corrected chi connectivity index (χ2v) is 5.94. The number of aryl methyl sites for hydroxylation is 1. The van der Waals surface area contributed by atoms with Crippen LogP contribution in [0.2, 0.25) is 5.15 Å². The molecule has 0 radical (unpaired) electrons. The Bertz CT molecular complexity index is 638. The van der Waals surface area contributed by atoms with E-state index in [1.165, 1.54) is 6.07 Å². The van der Waals surface area contributed by atoms with Crippen LogP contribution in [0.4, 0.5) is 4.39 Å². The van der Waals surface area contributed by atoms with Crippen molar-refractivity contribution in [2.24, 2.45) is 0 Å². The van der Waals surface area contributed by atoms with E-state index in [1.54, 1.807) is 18.3 Å². The highest BCUT2D eigenvalue weighted by Crippen LogP contribution is 2.29. The van der Waals surface area contributed by atoms with Gasteiger partial charge in [-0.1, -0.05) is 11.6 Å². The van der Waals surface area contributed by atoms with E-state index in [0.717, 1.165) is 11.1 Å². The van der Waals surface area contributed by atoms with E-state index in [-0.39, 0.29) is 5.88 Å². The molecule has 0 aliphatic rings. The molecule has 0 bridgehead atoms. The maximum atomic E-state index is 13.7. The number of rotatable bonds is 2. The van der Waals surface area contributed by atoms with Crippen LogP contribution in [0, 0.1) is 12.9 Å². The Kier molecular flexibility index (Phi) is 3.95. The maximum absolute atomic E-state index is 13.7. The number of nitrogens with zero attached hydrogens (tertiary/aromatic N) is 2. The predicted octanol–water partition coefficient (Wildman–Crippen LogP) is 4.42. The Morgan fingerprint density at radius 1 is 1.20 bits per heavy atom. The minimum atomic E-state index is -0.589. The standard InChI is InChI=1S/C15H16ClFN2O/c1-9-8-18-12(16)7-11(9)10-5-13(17)19-14(6-10)20-15(2,3)4/h5-8H,1-4H3. The average molecular weight is 295 g/mol. The number of pyridine rings is 2. The molecule has 106 valence electrons. The van der Waals surface area contributed by atoms with Gasteiger partial charge >= 0.3 is 0 Å². The lowest BCUT2D eigenvalue weighted by Crippen LogP contribution is -2.23. The van der Waals surface area contributed by atoms with Gasteiger partial charge in [-0.2, -0.15) is 9.37 Å². The zero-order chi connectivity index (χ0) is 14.9. The second kappa shape index (κ2) is 5.37. The molecule has 0 unspecified atom stereocenters. The molecule has 0 saturated carbocycles. The third-order valence-electron chi connectivity index (χ3n) is 2.56. The first kappa shape index (κ1) is 14.7. The first-order valence-corrected chi connectivity index (χ1v) is 6.61. The zero-order valence-electron chi connectivity index (χ0n) is 11.9. The molecule has 0 N–H and O–H groups in total. The first-order chi connectivity index (χ1) is 9.24. The summed E-state index contributed by atoms with van der Waals surface area (Å²) in [5, 5.41) is 0.362. The van der Waals surface area contributed by atoms with E-state index in [1.807, 2.05) is 27.7 Å². The van der Waals surface area contributed by atoms with Crippen LogP contribution in [0.1, 0.15) is 26.3 Å². The summed E-state index contributed by atoms with van der Waals surface area (Å²) in [5.74, 6) is -0.339. The monoisotopic (exact) mass is 294 g/mol. The van der Waals surface area contributed by atoms with E-state index < -0.39 is 11.5 Å². The summed E-state index contributed by atoms with van der Waals surface area (Å²) in [5.41, 5.74) is 1.94. The van der Waals surface area contributed by atoms with Crippen molar-refractivity contribution in [3.63, 3.8) is 0 Å². The summed E-state index contributed by atoms with van der Waals surface area (Å²) >= 11 is 5.90. The number of aromatic nitrogens is 2. The molecule has 0 aromatic carbocycles. The van der Waals surface area contributed by atoms with Gasteiger partial charge in [0.15, 0.2) is 0 Å². The highest BCUT2D eigenvalue weighted by atomic mass is 35.5. The van der Waals surface area contributed by atoms with Crippen LogP contribution >= 0.6 is 11.6 Å². The van der Waals surface area contributed by atoms with Crippen LogP contribution in [0.3, 0.4) is 0 Å². The highest BCUT2D eigenvalue weighted by molar-refractivity contribution is 6.29. The van der Waals surface area contributed by atoms with Gasteiger partial charge in [0.1, 0.15) is 10.8 Å². The van der Waals surface area contributed by atoms with Crippen molar-refractivity contribution in [3.05, 3.63) is 41.1 Å². The summed E-state index contributed by atoms with van der Waals surface area (Å²) < 4.78 is 19.3. The van der Waals surface area contributed by atoms with Gasteiger partial charge in [-0.25, -0.2) is 4.98 Å². The largest absolute Gasteiger partial charge is 0.472 e. The Morgan fingerprint density at radius 2 is 1.90 bits per heavy atom. The zero-order valence-corrected chi connectivity index (χ0v) is 12.6. The van der Waals surface area contributed by atoms with E-state index >= 15 is 0 Å². The summed E-state index contributed by atoms with van der Waals surface area (Å²) in [7, 11) is 0. The lowest BCUT2D eigenvalue weighted by molar-refractivity contribution is 0.123. The van der Waals surface area contributed by atoms with Crippen LogP contribution in [-0.4, -0.2) is 15.6 Å². The minimum absolute atomic E-state index is 0.250. The SMILES string of the molecule is Cc1cnc(Cl)cc1-c1cc(F)nc(OC(C)(C)C)c1. The van der Waals surface area contributed by atoms with Gasteiger partial charge in [0, 0.05) is 18.3 Å². The van der Waals surface area contributed by atoms with E-state index in [0.29, 0.717) is 10.7 Å². The molecule has 0 aliphatic carbocycles. The van der Waals surface area contributed by atoms with Gasteiger partial charge in [0.05, 0.1) is 0 Å². The quantitative estimate of drug-likeness (QED) is 0.769. The molecule has 2 heterocycles. The van der Waals surface area contributed by atoms with Crippen molar-refractivity contribution < 1.29 is 9.13 Å². The Labute approximate surface area is 122 Å². The van der Waals surface area contributed by atoms with Gasteiger partial charge in [-0.05, 0) is 50.5 Å². The fourth-order valence-electron chi connectivity index (χ4n) is 1.80. The van der Waals surface area contributed by atoms with Crippen molar-refractivity contribution in [2.75, 3.05) is 0 Å². The topological polar surface area (TPSA) is 35.0 Å². The average Bonchev–Trinajstić information content (AvgIpc) is 2.29. The van der Waals surface area contributed by atoms with Crippen LogP contribution < -0.4 is 4.74 Å². The first-order valence-electron chi connectivity index (χ1n) is 6.24. The fraction of sp³-hybridized carbons (Fsp3) is 0.333. The third-order valence-corrected chi connectivity index (χ3v) is 2.77. The van der Waals surface area contributed by atoms with E-state index in [9.17, 15) is 4.39 Å². The van der Waals surface area contributed by atoms with Crippen molar-refractivity contribution in [1.82, 2.24) is 9.97 Å². The van der Waals surface area contributed by atoms with Crippen LogP contribution in [0.25, 0.3) is 11.1 Å². The van der Waals surface area contributed by atoms with Crippen LogP contribution in [0.5, 0.6) is 5.88 Å². The number of hydrogen-bond donors (Lipinski definition) is 0. The molecule has 2 aromatic rings. The summed E-state index contributed by atoms with van der Waals surface area (Å²) in [6.07, 6.45) is 1.65. The molecule has 0 aliphatic heterocycles. The molecule has 0 spiro atoms. The molecule has 2 rings (SSSR count). The molecule has 0 fully saturated rings. The smallest absolute Gasteiger partial charge is 0.217 e. The number of halogens is 2. The van der Waals surface area contributed by atoms with Crippen molar-refractivity contribution in [2.45, 2.75) is 33.3 Å². The van der Waals surface area contributed by atoms with Gasteiger partial charge < -0.3 is 4.74 Å². The minimum Gasteiger partial charge on any atom is -0.472 e. The van der Waals surface area contributed by atoms with Gasteiger partial charge in [0.25, 0.3) is 0 Å². The van der Waals surface area contributed by atoms with Crippen molar-refractivity contribution >= 4 is 11.6 Å². The summed E-state index contributed by atoms with van der Waals surface area (Å²) in [4.78, 5) is 7.75. The molecule has 3 nitrogen and oxygen atoms in total. The molecule has 0 amide bonds. The summed E-state index contributed by atoms with van der Waals surface area (Å²) in [6.45, 7) is 7.54. The Balaban J connectivity index is 2.49. The number of ether oxygens (including phenoxy) is 1. The summed E-state index contributed by atoms with van der Waals surface area (Å²) in [6, 6.07) is 4.76. The van der Waals surface area contributed by atoms with E-state index in [4.69, 9.17) is 16.3 Å². The van der Waals surface area contributed by atoms with Crippen molar-refractivity contribution in [3.8, 4) is 17.0 Å². The van der Waals surface area contributed by atoms with Crippen LogP contribution in [0.15, 0.2) is 24.4 Å². The van der Waals surface area contributed by atoms with Crippen molar-refractivity contribution in [1.29, 1.82) is 0 Å². The molecule has 5 heteroatoms. The van der Waals surface area contributed by atoms with Gasteiger partial charge in [-0.3, -0.25) is 0 Å².